The Labute approximate surface area is 161 Å². The molecule has 0 spiro atoms. The van der Waals surface area contributed by atoms with E-state index in [4.69, 9.17) is 23.2 Å². The minimum absolute atomic E-state index is 0.0711. The molecule has 5 nitrogen and oxygen atoms in total. The molecule has 0 aliphatic rings. The lowest BCUT2D eigenvalue weighted by molar-refractivity contribution is -0.274. The molecule has 0 saturated heterocycles. The summed E-state index contributed by atoms with van der Waals surface area (Å²) in [6.45, 7) is 0. The maximum atomic E-state index is 12.1. The summed E-state index contributed by atoms with van der Waals surface area (Å²) in [7, 11) is 0. The molecule has 0 atom stereocenters. The zero-order valence-corrected chi connectivity index (χ0v) is 14.8. The lowest BCUT2D eigenvalue weighted by atomic mass is 10.2. The zero-order chi connectivity index (χ0) is 19.6. The van der Waals surface area contributed by atoms with Gasteiger partial charge in [0.25, 0.3) is 0 Å². The van der Waals surface area contributed by atoms with Crippen LogP contribution >= 0.6 is 23.2 Å². The number of nitrogens with one attached hydrogen (secondary N) is 1. The molecule has 3 aromatic rings. The van der Waals surface area contributed by atoms with Crippen LogP contribution in [0.5, 0.6) is 11.5 Å². The fourth-order valence-corrected chi connectivity index (χ4v) is 2.71. The molecular formula is C17H10Cl2F3N3O2. The lowest BCUT2D eigenvalue weighted by Crippen LogP contribution is -2.17. The second kappa shape index (κ2) is 7.50. The monoisotopic (exact) mass is 415 g/mol. The van der Waals surface area contributed by atoms with Crippen LogP contribution in [0.25, 0.3) is 10.9 Å². The normalized spacial score (nSPS) is 11.9. The summed E-state index contributed by atoms with van der Waals surface area (Å²) >= 11 is 11.9. The number of hydrogen-bond donors (Lipinski definition) is 2. The van der Waals surface area contributed by atoms with Gasteiger partial charge in [-0.15, -0.1) is 13.2 Å². The van der Waals surface area contributed by atoms with Gasteiger partial charge in [-0.05, 0) is 48.0 Å². The summed E-state index contributed by atoms with van der Waals surface area (Å²) in [5, 5.41) is 14.9. The number of halogens is 5. The predicted octanol–water partition coefficient (Wildman–Crippen LogP) is 5.59. The molecule has 0 aliphatic carbocycles. The van der Waals surface area contributed by atoms with Crippen molar-refractivity contribution in [3.63, 3.8) is 0 Å². The van der Waals surface area contributed by atoms with Gasteiger partial charge in [0.15, 0.2) is 5.75 Å². The minimum atomic E-state index is -4.74. The third-order valence-electron chi connectivity index (χ3n) is 3.36. The third-order valence-corrected chi connectivity index (χ3v) is 3.96. The first kappa shape index (κ1) is 19.1. The molecule has 0 saturated carbocycles. The van der Waals surface area contributed by atoms with Crippen LogP contribution in [0, 0.1) is 0 Å². The molecule has 27 heavy (non-hydrogen) atoms. The molecule has 0 fully saturated rings. The Bertz CT molecular complexity index is 1010. The maximum Gasteiger partial charge on any atom is 0.573 e. The van der Waals surface area contributed by atoms with Gasteiger partial charge in [-0.2, -0.15) is 5.10 Å². The Hall–Kier alpha value is -2.71. The molecule has 140 valence electrons. The van der Waals surface area contributed by atoms with E-state index >= 15 is 0 Å². The third kappa shape index (κ3) is 4.72. The topological polar surface area (TPSA) is 66.7 Å². The molecule has 0 aliphatic heterocycles. The highest BCUT2D eigenvalue weighted by atomic mass is 35.5. The van der Waals surface area contributed by atoms with Gasteiger partial charge in [0.05, 0.1) is 16.3 Å². The average molecular weight is 416 g/mol. The van der Waals surface area contributed by atoms with E-state index in [1.165, 1.54) is 36.5 Å². The van der Waals surface area contributed by atoms with E-state index in [-0.39, 0.29) is 22.0 Å². The number of ether oxygens (including phenoxy) is 1. The number of phenolic OH excluding ortho intramolecular Hbond substituents is 1. The number of anilines is 1. The Morgan fingerprint density at radius 3 is 2.44 bits per heavy atom. The van der Waals surface area contributed by atoms with Crippen molar-refractivity contribution in [1.82, 2.24) is 4.98 Å². The maximum absolute atomic E-state index is 12.1. The highest BCUT2D eigenvalue weighted by molar-refractivity contribution is 6.39. The van der Waals surface area contributed by atoms with Crippen molar-refractivity contribution >= 4 is 46.1 Å². The lowest BCUT2D eigenvalue weighted by Gasteiger charge is -2.08. The van der Waals surface area contributed by atoms with Crippen LogP contribution in [0.4, 0.5) is 19.0 Å². The van der Waals surface area contributed by atoms with Crippen molar-refractivity contribution in [3.8, 4) is 11.5 Å². The van der Waals surface area contributed by atoms with Crippen LogP contribution in [0.3, 0.4) is 0 Å². The van der Waals surface area contributed by atoms with E-state index < -0.39 is 6.36 Å². The van der Waals surface area contributed by atoms with Gasteiger partial charge >= 0.3 is 6.36 Å². The van der Waals surface area contributed by atoms with Crippen molar-refractivity contribution < 1.29 is 23.0 Å². The molecule has 10 heteroatoms. The second-order valence-electron chi connectivity index (χ2n) is 5.27. The Balaban J connectivity index is 1.73. The number of hydrogen-bond acceptors (Lipinski definition) is 5. The first-order chi connectivity index (χ1) is 12.7. The molecule has 3 rings (SSSR count). The van der Waals surface area contributed by atoms with Crippen molar-refractivity contribution in [3.05, 3.63) is 58.1 Å². The SMILES string of the molecule is Oc1c(Cl)cc(Cl)c2ccc(N/N=C/c3ccc(OC(F)(F)F)cc3)nc12. The predicted molar refractivity (Wildman–Crippen MR) is 97.8 cm³/mol. The van der Waals surface area contributed by atoms with Crippen LogP contribution in [-0.4, -0.2) is 22.7 Å². The number of hydrazone groups is 1. The fraction of sp³-hybridized carbons (Fsp3) is 0.0588. The largest absolute Gasteiger partial charge is 0.573 e. The van der Waals surface area contributed by atoms with Crippen LogP contribution in [0.15, 0.2) is 47.6 Å². The summed E-state index contributed by atoms with van der Waals surface area (Å²) < 4.78 is 40.2. The highest BCUT2D eigenvalue weighted by Crippen LogP contribution is 2.36. The standard InChI is InChI=1S/C17H10Cl2F3N3O2/c18-12-7-13(19)16(26)15-11(12)5-6-14(24-15)25-23-8-9-1-3-10(4-2-9)27-17(20,21)22/h1-8,26H,(H,24,25)/b23-8+. The number of phenols is 1. The van der Waals surface area contributed by atoms with Gasteiger partial charge in [0.2, 0.25) is 0 Å². The smallest absolute Gasteiger partial charge is 0.504 e. The van der Waals surface area contributed by atoms with E-state index in [2.05, 4.69) is 20.2 Å². The molecule has 0 unspecified atom stereocenters. The van der Waals surface area contributed by atoms with Gasteiger partial charge in [-0.25, -0.2) is 4.98 Å². The Morgan fingerprint density at radius 2 is 1.78 bits per heavy atom. The summed E-state index contributed by atoms with van der Waals surface area (Å²) in [5.41, 5.74) is 3.40. The van der Waals surface area contributed by atoms with Crippen molar-refractivity contribution in [1.29, 1.82) is 0 Å². The van der Waals surface area contributed by atoms with Crippen molar-refractivity contribution in [2.45, 2.75) is 6.36 Å². The van der Waals surface area contributed by atoms with Crippen molar-refractivity contribution in [2.75, 3.05) is 5.43 Å². The van der Waals surface area contributed by atoms with Crippen LogP contribution in [0.2, 0.25) is 10.0 Å². The molecule has 0 bridgehead atoms. The number of aromatic nitrogens is 1. The number of aromatic hydroxyl groups is 1. The first-order valence-electron chi connectivity index (χ1n) is 7.35. The zero-order valence-electron chi connectivity index (χ0n) is 13.3. The van der Waals surface area contributed by atoms with Gasteiger partial charge in [-0.1, -0.05) is 23.2 Å². The Morgan fingerprint density at radius 1 is 1.07 bits per heavy atom. The number of nitrogens with zero attached hydrogens (tertiary/aromatic N) is 2. The molecule has 2 N–H and O–H groups in total. The van der Waals surface area contributed by atoms with E-state index in [0.717, 1.165) is 0 Å². The van der Waals surface area contributed by atoms with Crippen LogP contribution in [-0.2, 0) is 0 Å². The quantitative estimate of drug-likeness (QED) is 0.430. The molecule has 0 amide bonds. The average Bonchev–Trinajstić information content (AvgIpc) is 2.60. The van der Waals surface area contributed by atoms with Crippen molar-refractivity contribution in [2.24, 2.45) is 5.10 Å². The van der Waals surface area contributed by atoms with E-state index in [1.807, 2.05) is 0 Å². The first-order valence-corrected chi connectivity index (χ1v) is 8.11. The number of pyridine rings is 1. The van der Waals surface area contributed by atoms with Gasteiger partial charge in [0, 0.05) is 5.39 Å². The van der Waals surface area contributed by atoms with Crippen LogP contribution in [0.1, 0.15) is 5.56 Å². The summed E-state index contributed by atoms with van der Waals surface area (Å²) in [6, 6.07) is 9.81. The molecule has 2 aromatic carbocycles. The van der Waals surface area contributed by atoms with E-state index in [0.29, 0.717) is 21.8 Å². The van der Waals surface area contributed by atoms with Gasteiger partial charge < -0.3 is 9.84 Å². The second-order valence-corrected chi connectivity index (χ2v) is 6.08. The fourth-order valence-electron chi connectivity index (χ4n) is 2.19. The van der Waals surface area contributed by atoms with Crippen LogP contribution < -0.4 is 10.2 Å². The number of benzene rings is 2. The summed E-state index contributed by atoms with van der Waals surface area (Å²) in [6.07, 6.45) is -3.36. The van der Waals surface area contributed by atoms with Gasteiger partial charge in [-0.3, -0.25) is 5.43 Å². The number of rotatable bonds is 4. The highest BCUT2D eigenvalue weighted by Gasteiger charge is 2.30. The number of alkyl halides is 3. The Kier molecular flexibility index (Phi) is 5.29. The van der Waals surface area contributed by atoms with E-state index in [1.54, 1.807) is 12.1 Å². The minimum Gasteiger partial charge on any atom is -0.504 e. The molecule has 1 heterocycles. The molecular weight excluding hydrogens is 406 g/mol. The summed E-state index contributed by atoms with van der Waals surface area (Å²) in [4.78, 5) is 4.19. The molecule has 0 radical (unpaired) electrons. The van der Waals surface area contributed by atoms with E-state index in [9.17, 15) is 18.3 Å². The van der Waals surface area contributed by atoms with Gasteiger partial charge in [0.1, 0.15) is 17.1 Å². The molecule has 1 aromatic heterocycles. The number of fused-ring (bicyclic) bond motifs is 1. The summed E-state index contributed by atoms with van der Waals surface area (Å²) in [5.74, 6) is -0.221.